The van der Waals surface area contributed by atoms with Crippen molar-refractivity contribution in [1.29, 1.82) is 0 Å². The summed E-state index contributed by atoms with van der Waals surface area (Å²) in [6.07, 6.45) is 5.43. The van der Waals surface area contributed by atoms with E-state index in [1.807, 2.05) is 0 Å². The van der Waals surface area contributed by atoms with Crippen LogP contribution in [0.1, 0.15) is 32.6 Å². The first-order chi connectivity index (χ1) is 6.84. The fraction of sp³-hybridized carbons (Fsp3) is 1.00. The molecule has 0 spiro atoms. The van der Waals surface area contributed by atoms with Gasteiger partial charge in [0.25, 0.3) is 0 Å². The third-order valence-electron chi connectivity index (χ3n) is 3.13. The summed E-state index contributed by atoms with van der Waals surface area (Å²) >= 11 is 0. The van der Waals surface area contributed by atoms with Crippen molar-refractivity contribution in [1.82, 2.24) is 5.32 Å². The molecule has 2 rings (SSSR count). The standard InChI is InChI=1S/C11H21NO2/c1-9-8-11(2-5-12-9)14-10-3-6-13-7-4-10/h9-12H,2-8H2,1H3. The Morgan fingerprint density at radius 2 is 1.93 bits per heavy atom. The van der Waals surface area contributed by atoms with E-state index in [4.69, 9.17) is 9.47 Å². The van der Waals surface area contributed by atoms with E-state index >= 15 is 0 Å². The number of ether oxygens (including phenoxy) is 2. The number of piperidine rings is 1. The molecule has 3 nitrogen and oxygen atoms in total. The third kappa shape index (κ3) is 2.94. The van der Waals surface area contributed by atoms with Gasteiger partial charge in [0.15, 0.2) is 0 Å². The molecule has 0 aliphatic carbocycles. The van der Waals surface area contributed by atoms with Crippen LogP contribution in [0.4, 0.5) is 0 Å². The molecule has 14 heavy (non-hydrogen) atoms. The lowest BCUT2D eigenvalue weighted by Gasteiger charge is -2.32. The average Bonchev–Trinajstić information content (AvgIpc) is 2.19. The fourth-order valence-electron chi connectivity index (χ4n) is 2.29. The Morgan fingerprint density at radius 3 is 2.64 bits per heavy atom. The van der Waals surface area contributed by atoms with E-state index in [0.29, 0.717) is 18.2 Å². The minimum atomic E-state index is 0.457. The van der Waals surface area contributed by atoms with Crippen LogP contribution in [0.25, 0.3) is 0 Å². The first-order valence-corrected chi connectivity index (χ1v) is 5.81. The summed E-state index contributed by atoms with van der Waals surface area (Å²) in [6, 6.07) is 0.619. The van der Waals surface area contributed by atoms with Gasteiger partial charge in [-0.25, -0.2) is 0 Å². The van der Waals surface area contributed by atoms with Gasteiger partial charge in [-0.15, -0.1) is 0 Å². The van der Waals surface area contributed by atoms with Gasteiger partial charge in [-0.1, -0.05) is 0 Å². The zero-order valence-electron chi connectivity index (χ0n) is 9.00. The molecule has 0 saturated carbocycles. The van der Waals surface area contributed by atoms with Gasteiger partial charge in [0, 0.05) is 19.3 Å². The second kappa shape index (κ2) is 5.10. The van der Waals surface area contributed by atoms with Gasteiger partial charge >= 0.3 is 0 Å². The largest absolute Gasteiger partial charge is 0.381 e. The van der Waals surface area contributed by atoms with E-state index in [1.165, 1.54) is 6.42 Å². The molecule has 2 unspecified atom stereocenters. The highest BCUT2D eigenvalue weighted by Gasteiger charge is 2.23. The lowest BCUT2D eigenvalue weighted by molar-refractivity contribution is -0.0795. The molecule has 0 bridgehead atoms. The van der Waals surface area contributed by atoms with Crippen molar-refractivity contribution >= 4 is 0 Å². The van der Waals surface area contributed by atoms with Gasteiger partial charge in [-0.05, 0) is 39.2 Å². The normalized spacial score (nSPS) is 35.8. The molecule has 82 valence electrons. The Bertz CT molecular complexity index is 169. The molecule has 2 aliphatic heterocycles. The van der Waals surface area contributed by atoms with Crippen LogP contribution in [0, 0.1) is 0 Å². The van der Waals surface area contributed by atoms with Gasteiger partial charge in [-0.3, -0.25) is 0 Å². The predicted molar refractivity (Wildman–Crippen MR) is 55.4 cm³/mol. The van der Waals surface area contributed by atoms with E-state index < -0.39 is 0 Å². The van der Waals surface area contributed by atoms with Crippen molar-refractivity contribution in [2.75, 3.05) is 19.8 Å². The second-order valence-electron chi connectivity index (χ2n) is 4.45. The van der Waals surface area contributed by atoms with Gasteiger partial charge in [0.1, 0.15) is 0 Å². The van der Waals surface area contributed by atoms with Crippen molar-refractivity contribution in [3.8, 4) is 0 Å². The number of hydrogen-bond donors (Lipinski definition) is 1. The van der Waals surface area contributed by atoms with Crippen LogP contribution in [0.15, 0.2) is 0 Å². The van der Waals surface area contributed by atoms with Crippen LogP contribution in [0.3, 0.4) is 0 Å². The zero-order chi connectivity index (χ0) is 9.80. The molecule has 2 saturated heterocycles. The lowest BCUT2D eigenvalue weighted by atomic mass is 10.0. The van der Waals surface area contributed by atoms with Crippen molar-refractivity contribution in [2.45, 2.75) is 50.9 Å². The summed E-state index contributed by atoms with van der Waals surface area (Å²) < 4.78 is 11.4. The maximum absolute atomic E-state index is 6.08. The molecular formula is C11H21NO2. The van der Waals surface area contributed by atoms with E-state index in [1.54, 1.807) is 0 Å². The fourth-order valence-corrected chi connectivity index (χ4v) is 2.29. The number of hydrogen-bond acceptors (Lipinski definition) is 3. The Morgan fingerprint density at radius 1 is 1.14 bits per heavy atom. The quantitative estimate of drug-likeness (QED) is 0.727. The molecule has 0 amide bonds. The van der Waals surface area contributed by atoms with Crippen LogP contribution in [0.2, 0.25) is 0 Å². The summed E-state index contributed by atoms with van der Waals surface area (Å²) in [5, 5.41) is 3.44. The smallest absolute Gasteiger partial charge is 0.0622 e. The molecule has 2 heterocycles. The molecule has 1 N–H and O–H groups in total. The summed E-state index contributed by atoms with van der Waals surface area (Å²) in [5.74, 6) is 0. The predicted octanol–water partition coefficient (Wildman–Crippen LogP) is 1.32. The van der Waals surface area contributed by atoms with Crippen molar-refractivity contribution in [2.24, 2.45) is 0 Å². The third-order valence-corrected chi connectivity index (χ3v) is 3.13. The highest BCUT2D eigenvalue weighted by Crippen LogP contribution is 2.19. The number of rotatable bonds is 2. The monoisotopic (exact) mass is 199 g/mol. The first kappa shape index (κ1) is 10.4. The van der Waals surface area contributed by atoms with Crippen LogP contribution in [-0.2, 0) is 9.47 Å². The zero-order valence-corrected chi connectivity index (χ0v) is 9.00. The van der Waals surface area contributed by atoms with E-state index in [9.17, 15) is 0 Å². The topological polar surface area (TPSA) is 30.5 Å². The highest BCUT2D eigenvalue weighted by molar-refractivity contribution is 4.77. The summed E-state index contributed by atoms with van der Waals surface area (Å²) in [7, 11) is 0. The second-order valence-corrected chi connectivity index (χ2v) is 4.45. The van der Waals surface area contributed by atoms with Crippen molar-refractivity contribution in [3.63, 3.8) is 0 Å². The first-order valence-electron chi connectivity index (χ1n) is 5.81. The Labute approximate surface area is 86.2 Å². The Balaban J connectivity index is 1.72. The molecule has 0 aromatic heterocycles. The minimum absolute atomic E-state index is 0.457. The minimum Gasteiger partial charge on any atom is -0.381 e. The van der Waals surface area contributed by atoms with Crippen LogP contribution in [0.5, 0.6) is 0 Å². The van der Waals surface area contributed by atoms with Crippen LogP contribution < -0.4 is 5.32 Å². The highest BCUT2D eigenvalue weighted by atomic mass is 16.5. The summed E-state index contributed by atoms with van der Waals surface area (Å²) in [6.45, 7) is 5.10. The van der Waals surface area contributed by atoms with E-state index in [2.05, 4.69) is 12.2 Å². The van der Waals surface area contributed by atoms with Gasteiger partial charge in [0.2, 0.25) is 0 Å². The molecule has 2 aliphatic rings. The molecule has 3 heteroatoms. The van der Waals surface area contributed by atoms with Gasteiger partial charge < -0.3 is 14.8 Å². The van der Waals surface area contributed by atoms with E-state index in [0.717, 1.165) is 39.0 Å². The van der Waals surface area contributed by atoms with Gasteiger partial charge in [0.05, 0.1) is 12.2 Å². The van der Waals surface area contributed by atoms with Crippen LogP contribution >= 0.6 is 0 Å². The molecule has 2 atom stereocenters. The maximum Gasteiger partial charge on any atom is 0.0622 e. The molecule has 0 radical (unpaired) electrons. The molecule has 2 fully saturated rings. The average molecular weight is 199 g/mol. The number of nitrogens with one attached hydrogen (secondary N) is 1. The van der Waals surface area contributed by atoms with E-state index in [-0.39, 0.29) is 0 Å². The molecule has 0 aromatic carbocycles. The summed E-state index contributed by atoms with van der Waals surface area (Å²) in [4.78, 5) is 0. The Hall–Kier alpha value is -0.120. The van der Waals surface area contributed by atoms with Gasteiger partial charge in [-0.2, -0.15) is 0 Å². The molecular weight excluding hydrogens is 178 g/mol. The summed E-state index contributed by atoms with van der Waals surface area (Å²) in [5.41, 5.74) is 0. The van der Waals surface area contributed by atoms with Crippen molar-refractivity contribution < 1.29 is 9.47 Å². The van der Waals surface area contributed by atoms with Crippen molar-refractivity contribution in [3.05, 3.63) is 0 Å². The molecule has 0 aromatic rings. The van der Waals surface area contributed by atoms with Crippen LogP contribution in [-0.4, -0.2) is 38.0 Å². The SMILES string of the molecule is CC1CC(OC2CCOCC2)CCN1. The lowest BCUT2D eigenvalue weighted by Crippen LogP contribution is -2.41. The Kier molecular flexibility index (Phi) is 3.79. The maximum atomic E-state index is 6.08.